The Hall–Kier alpha value is -2.19. The molecule has 0 aliphatic rings. The maximum atomic E-state index is 12.1. The number of nitrogens with one attached hydrogen (secondary N) is 1. The van der Waals surface area contributed by atoms with Gasteiger partial charge in [-0.15, -0.1) is 11.3 Å². The lowest BCUT2D eigenvalue weighted by Gasteiger charge is -2.05. The monoisotopic (exact) mass is 257 g/mol. The van der Waals surface area contributed by atoms with Crippen LogP contribution >= 0.6 is 11.3 Å². The summed E-state index contributed by atoms with van der Waals surface area (Å²) in [6.45, 7) is 3.66. The third-order valence-electron chi connectivity index (χ3n) is 2.41. The highest BCUT2D eigenvalue weighted by atomic mass is 32.1. The molecule has 1 aromatic carbocycles. The van der Waals surface area contributed by atoms with Gasteiger partial charge in [0.05, 0.1) is 22.0 Å². The van der Waals surface area contributed by atoms with Crippen LogP contribution in [0.3, 0.4) is 0 Å². The number of amides is 1. The number of aromatic nitrogens is 1. The van der Waals surface area contributed by atoms with Crippen molar-refractivity contribution in [3.05, 3.63) is 45.4 Å². The molecule has 2 aromatic rings. The summed E-state index contributed by atoms with van der Waals surface area (Å²) >= 11 is 1.35. The Morgan fingerprint density at radius 3 is 2.72 bits per heavy atom. The van der Waals surface area contributed by atoms with E-state index in [1.54, 1.807) is 31.2 Å². The number of carbonyl (C=O) groups is 1. The smallest absolute Gasteiger partial charge is 0.267 e. The van der Waals surface area contributed by atoms with Crippen LogP contribution in [0.5, 0.6) is 0 Å². The van der Waals surface area contributed by atoms with E-state index in [2.05, 4.69) is 10.3 Å². The molecular formula is C13H11N3OS. The maximum absolute atomic E-state index is 12.1. The zero-order valence-electron chi connectivity index (χ0n) is 10.0. The number of benzene rings is 1. The number of hydrogen-bond donors (Lipinski definition) is 1. The van der Waals surface area contributed by atoms with Crippen molar-refractivity contribution in [2.75, 3.05) is 5.32 Å². The number of carbonyl (C=O) groups excluding carboxylic acids is 1. The van der Waals surface area contributed by atoms with Crippen LogP contribution in [0.15, 0.2) is 24.3 Å². The molecule has 5 heteroatoms. The molecule has 0 saturated carbocycles. The molecule has 90 valence electrons. The first-order chi connectivity index (χ1) is 8.61. The van der Waals surface area contributed by atoms with Crippen LogP contribution in [0.4, 0.5) is 5.69 Å². The Morgan fingerprint density at radius 2 is 2.11 bits per heavy atom. The summed E-state index contributed by atoms with van der Waals surface area (Å²) in [6, 6.07) is 8.96. The highest BCUT2D eigenvalue weighted by molar-refractivity contribution is 7.13. The van der Waals surface area contributed by atoms with E-state index in [1.807, 2.05) is 13.0 Å². The fourth-order valence-corrected chi connectivity index (χ4v) is 2.43. The summed E-state index contributed by atoms with van der Waals surface area (Å²) in [6.07, 6.45) is 0. The maximum Gasteiger partial charge on any atom is 0.267 e. The van der Waals surface area contributed by atoms with E-state index >= 15 is 0 Å². The number of nitriles is 1. The zero-order valence-corrected chi connectivity index (χ0v) is 10.8. The predicted octanol–water partition coefficient (Wildman–Crippen LogP) is 2.88. The Labute approximate surface area is 109 Å². The largest absolute Gasteiger partial charge is 0.320 e. The van der Waals surface area contributed by atoms with Gasteiger partial charge in [-0.05, 0) is 26.0 Å². The molecule has 1 heterocycles. The number of rotatable bonds is 2. The van der Waals surface area contributed by atoms with E-state index < -0.39 is 0 Å². The number of nitrogens with zero attached hydrogens (tertiary/aromatic N) is 2. The van der Waals surface area contributed by atoms with Gasteiger partial charge >= 0.3 is 0 Å². The summed E-state index contributed by atoms with van der Waals surface area (Å²) in [5.41, 5.74) is 1.68. The molecule has 4 nitrogen and oxygen atoms in total. The molecule has 0 aliphatic heterocycles. The molecule has 18 heavy (non-hydrogen) atoms. The van der Waals surface area contributed by atoms with Gasteiger partial charge in [0.15, 0.2) is 0 Å². The molecule has 0 unspecified atom stereocenters. The highest BCUT2D eigenvalue weighted by Gasteiger charge is 2.14. The second kappa shape index (κ2) is 4.98. The number of para-hydroxylation sites is 1. The van der Waals surface area contributed by atoms with Crippen molar-refractivity contribution in [2.24, 2.45) is 0 Å². The van der Waals surface area contributed by atoms with Crippen LogP contribution in [-0.4, -0.2) is 10.9 Å². The first kappa shape index (κ1) is 12.3. The Morgan fingerprint density at radius 1 is 1.39 bits per heavy atom. The van der Waals surface area contributed by atoms with Crippen LogP contribution in [0.25, 0.3) is 0 Å². The molecule has 0 saturated heterocycles. The molecule has 1 N–H and O–H groups in total. The van der Waals surface area contributed by atoms with Crippen molar-refractivity contribution < 1.29 is 4.79 Å². The third kappa shape index (κ3) is 2.39. The lowest BCUT2D eigenvalue weighted by atomic mass is 10.2. The molecule has 2 rings (SSSR count). The van der Waals surface area contributed by atoms with E-state index in [9.17, 15) is 4.79 Å². The lowest BCUT2D eigenvalue weighted by molar-refractivity contribution is 0.103. The van der Waals surface area contributed by atoms with Crippen molar-refractivity contribution in [1.82, 2.24) is 4.98 Å². The average molecular weight is 257 g/mol. The van der Waals surface area contributed by atoms with Crippen LogP contribution in [0.2, 0.25) is 0 Å². The van der Waals surface area contributed by atoms with Crippen LogP contribution < -0.4 is 5.32 Å². The van der Waals surface area contributed by atoms with Gasteiger partial charge in [-0.1, -0.05) is 12.1 Å². The van der Waals surface area contributed by atoms with Crippen LogP contribution in [0.1, 0.15) is 25.9 Å². The molecule has 1 amide bonds. The normalized spacial score (nSPS) is 9.83. The van der Waals surface area contributed by atoms with Gasteiger partial charge in [0.2, 0.25) is 0 Å². The summed E-state index contributed by atoms with van der Waals surface area (Å²) in [5, 5.41) is 12.5. The fourth-order valence-electron chi connectivity index (χ4n) is 1.61. The lowest BCUT2D eigenvalue weighted by Crippen LogP contribution is -2.12. The molecule has 0 aliphatic carbocycles. The fraction of sp³-hybridized carbons (Fsp3) is 0.154. The van der Waals surface area contributed by atoms with Crippen LogP contribution in [0, 0.1) is 25.2 Å². The van der Waals surface area contributed by atoms with E-state index in [-0.39, 0.29) is 5.91 Å². The van der Waals surface area contributed by atoms with Crippen LogP contribution in [-0.2, 0) is 0 Å². The molecule has 0 fully saturated rings. The van der Waals surface area contributed by atoms with Crippen molar-refractivity contribution in [2.45, 2.75) is 13.8 Å². The topological polar surface area (TPSA) is 65.8 Å². The Balaban J connectivity index is 2.27. The second-order valence-electron chi connectivity index (χ2n) is 3.76. The molecular weight excluding hydrogens is 246 g/mol. The first-order valence-electron chi connectivity index (χ1n) is 5.36. The first-order valence-corrected chi connectivity index (χ1v) is 6.18. The number of aryl methyl sites for hydroxylation is 2. The number of anilines is 1. The van der Waals surface area contributed by atoms with Gasteiger partial charge in [-0.25, -0.2) is 4.98 Å². The van der Waals surface area contributed by atoms with E-state index in [4.69, 9.17) is 5.26 Å². The molecule has 1 aromatic heterocycles. The van der Waals surface area contributed by atoms with E-state index in [0.717, 1.165) is 5.01 Å². The van der Waals surface area contributed by atoms with Crippen molar-refractivity contribution in [3.8, 4) is 6.07 Å². The van der Waals surface area contributed by atoms with Gasteiger partial charge < -0.3 is 5.32 Å². The standard InChI is InChI=1S/C13H11N3OS/c1-8-12(18-9(2)15-8)13(17)16-11-6-4-3-5-10(11)7-14/h3-6H,1-2H3,(H,16,17). The average Bonchev–Trinajstić information content (AvgIpc) is 2.69. The van der Waals surface area contributed by atoms with E-state index in [1.165, 1.54) is 11.3 Å². The Kier molecular flexibility index (Phi) is 3.40. The van der Waals surface area contributed by atoms with Crippen molar-refractivity contribution >= 4 is 22.9 Å². The van der Waals surface area contributed by atoms with Gasteiger partial charge in [0.25, 0.3) is 5.91 Å². The minimum absolute atomic E-state index is 0.221. The summed E-state index contributed by atoms with van der Waals surface area (Å²) in [4.78, 5) is 16.9. The van der Waals surface area contributed by atoms with Crippen molar-refractivity contribution in [1.29, 1.82) is 5.26 Å². The Bertz CT molecular complexity index is 640. The highest BCUT2D eigenvalue weighted by Crippen LogP contribution is 2.20. The SMILES string of the molecule is Cc1nc(C)c(C(=O)Nc2ccccc2C#N)s1. The van der Waals surface area contributed by atoms with E-state index in [0.29, 0.717) is 21.8 Å². The third-order valence-corrected chi connectivity index (χ3v) is 3.48. The number of hydrogen-bond acceptors (Lipinski definition) is 4. The molecule has 0 bridgehead atoms. The van der Waals surface area contributed by atoms with Gasteiger partial charge in [-0.2, -0.15) is 5.26 Å². The molecule has 0 radical (unpaired) electrons. The molecule has 0 spiro atoms. The summed E-state index contributed by atoms with van der Waals surface area (Å²) in [7, 11) is 0. The quantitative estimate of drug-likeness (QED) is 0.899. The minimum atomic E-state index is -0.221. The van der Waals surface area contributed by atoms with Gasteiger partial charge in [0, 0.05) is 0 Å². The number of thiazole rings is 1. The molecule has 0 atom stereocenters. The minimum Gasteiger partial charge on any atom is -0.320 e. The summed E-state index contributed by atoms with van der Waals surface area (Å²) in [5.74, 6) is -0.221. The predicted molar refractivity (Wildman–Crippen MR) is 70.7 cm³/mol. The van der Waals surface area contributed by atoms with Gasteiger partial charge in [0.1, 0.15) is 10.9 Å². The van der Waals surface area contributed by atoms with Gasteiger partial charge in [-0.3, -0.25) is 4.79 Å². The summed E-state index contributed by atoms with van der Waals surface area (Å²) < 4.78 is 0. The second-order valence-corrected chi connectivity index (χ2v) is 4.96. The zero-order chi connectivity index (χ0) is 13.1. The van der Waals surface area contributed by atoms with Crippen molar-refractivity contribution in [3.63, 3.8) is 0 Å².